The number of nitrogens with zero attached hydrogens (tertiary/aromatic N) is 3. The molecule has 0 aliphatic rings. The average Bonchev–Trinajstić information content (AvgIpc) is 3.28. The van der Waals surface area contributed by atoms with Gasteiger partial charge in [0.2, 0.25) is 11.1 Å². The molecule has 2 aromatic heterocycles. The summed E-state index contributed by atoms with van der Waals surface area (Å²) in [6, 6.07) is 11.4. The number of rotatable bonds is 7. The van der Waals surface area contributed by atoms with E-state index in [0.29, 0.717) is 21.5 Å². The predicted molar refractivity (Wildman–Crippen MR) is 100 cm³/mol. The molecule has 0 aliphatic heterocycles. The van der Waals surface area contributed by atoms with Gasteiger partial charge in [-0.2, -0.15) is 5.26 Å². The lowest BCUT2D eigenvalue weighted by Gasteiger charge is -2.06. The highest BCUT2D eigenvalue weighted by Crippen LogP contribution is 2.23. The van der Waals surface area contributed by atoms with E-state index < -0.39 is 0 Å². The highest BCUT2D eigenvalue weighted by atomic mass is 32.2. The normalized spacial score (nSPS) is 10.3. The molecule has 1 aromatic carbocycles. The molecule has 2 heterocycles. The number of thiophene rings is 1. The number of thioether (sulfide) groups is 1. The van der Waals surface area contributed by atoms with Crippen molar-refractivity contribution >= 4 is 34.0 Å². The Bertz CT molecular complexity index is 945. The van der Waals surface area contributed by atoms with E-state index in [9.17, 15) is 4.79 Å². The van der Waals surface area contributed by atoms with Gasteiger partial charge in [0.15, 0.2) is 5.82 Å². The minimum absolute atomic E-state index is 0.152. The molecule has 1 amide bonds. The first-order chi connectivity index (χ1) is 12.7. The predicted octanol–water partition coefficient (Wildman–Crippen LogP) is 3.36. The van der Waals surface area contributed by atoms with Gasteiger partial charge >= 0.3 is 0 Å². The summed E-state index contributed by atoms with van der Waals surface area (Å²) in [4.78, 5) is 16.3. The fraction of sp³-hybridized carbons (Fsp3) is 0.176. The summed E-state index contributed by atoms with van der Waals surface area (Å²) < 4.78 is 5.71. The molecule has 0 bridgehead atoms. The monoisotopic (exact) mass is 385 g/mol. The molecule has 0 saturated heterocycles. The molecule has 0 atom stereocenters. The smallest absolute Gasteiger partial charge is 0.235 e. The number of anilines is 1. The van der Waals surface area contributed by atoms with E-state index in [2.05, 4.69) is 20.5 Å². The van der Waals surface area contributed by atoms with Crippen LogP contribution in [0, 0.1) is 18.3 Å². The van der Waals surface area contributed by atoms with Crippen molar-refractivity contribution in [3.63, 3.8) is 0 Å². The number of hydrogen-bond donors (Lipinski definition) is 2. The van der Waals surface area contributed by atoms with Crippen LogP contribution < -0.4 is 10.1 Å². The van der Waals surface area contributed by atoms with E-state index in [-0.39, 0.29) is 18.3 Å². The molecule has 2 N–H and O–H groups in total. The number of benzene rings is 1. The lowest BCUT2D eigenvalue weighted by atomic mass is 10.2. The largest absolute Gasteiger partial charge is 0.485 e. The van der Waals surface area contributed by atoms with Crippen LogP contribution in [0.15, 0.2) is 40.9 Å². The number of amides is 1. The Hall–Kier alpha value is -2.83. The molecule has 26 heavy (non-hydrogen) atoms. The van der Waals surface area contributed by atoms with E-state index in [1.165, 1.54) is 23.1 Å². The van der Waals surface area contributed by atoms with E-state index in [1.807, 2.05) is 37.3 Å². The number of carbonyl (C=O) groups is 1. The highest BCUT2D eigenvalue weighted by Gasteiger charge is 2.11. The van der Waals surface area contributed by atoms with Crippen molar-refractivity contribution in [1.82, 2.24) is 15.2 Å². The SMILES string of the molecule is Cc1ccccc1OCc1nc(SCC(=O)Nc2sccc2C#N)n[nH]1. The molecule has 0 spiro atoms. The maximum absolute atomic E-state index is 12.0. The Balaban J connectivity index is 1.48. The maximum Gasteiger partial charge on any atom is 0.235 e. The van der Waals surface area contributed by atoms with E-state index >= 15 is 0 Å². The summed E-state index contributed by atoms with van der Waals surface area (Å²) in [6.45, 7) is 2.24. The number of carbonyl (C=O) groups excluding carboxylic acids is 1. The third kappa shape index (κ3) is 4.62. The van der Waals surface area contributed by atoms with Crippen molar-refractivity contribution in [3.05, 3.63) is 52.7 Å². The molecule has 3 aromatic rings. The molecule has 0 radical (unpaired) electrons. The lowest BCUT2D eigenvalue weighted by molar-refractivity contribution is -0.113. The highest BCUT2D eigenvalue weighted by molar-refractivity contribution is 7.99. The van der Waals surface area contributed by atoms with Gasteiger partial charge in [-0.25, -0.2) is 4.98 Å². The van der Waals surface area contributed by atoms with Crippen LogP contribution in [-0.2, 0) is 11.4 Å². The quantitative estimate of drug-likeness (QED) is 0.605. The van der Waals surface area contributed by atoms with Crippen molar-refractivity contribution in [2.24, 2.45) is 0 Å². The second kappa shape index (κ2) is 8.51. The number of nitrogens with one attached hydrogen (secondary N) is 2. The summed E-state index contributed by atoms with van der Waals surface area (Å²) in [6.07, 6.45) is 0. The van der Waals surface area contributed by atoms with Crippen molar-refractivity contribution in [3.8, 4) is 11.8 Å². The van der Waals surface area contributed by atoms with Gasteiger partial charge in [0.1, 0.15) is 23.4 Å². The van der Waals surface area contributed by atoms with Gasteiger partial charge in [-0.05, 0) is 30.0 Å². The molecule has 0 saturated carbocycles. The fourth-order valence-corrected chi connectivity index (χ4v) is 3.43. The van der Waals surface area contributed by atoms with Crippen LogP contribution >= 0.6 is 23.1 Å². The number of hydrogen-bond acceptors (Lipinski definition) is 7. The second-order valence-electron chi connectivity index (χ2n) is 5.23. The molecule has 0 fully saturated rings. The first-order valence-corrected chi connectivity index (χ1v) is 9.52. The molecule has 3 rings (SSSR count). The summed E-state index contributed by atoms with van der Waals surface area (Å²) in [5.74, 6) is 1.32. The number of aromatic nitrogens is 3. The Kier molecular flexibility index (Phi) is 5.88. The zero-order valence-electron chi connectivity index (χ0n) is 13.9. The summed E-state index contributed by atoms with van der Waals surface area (Å²) >= 11 is 2.53. The average molecular weight is 385 g/mol. The van der Waals surface area contributed by atoms with Gasteiger partial charge in [0, 0.05) is 0 Å². The van der Waals surface area contributed by atoms with Crippen LogP contribution in [0.4, 0.5) is 5.00 Å². The van der Waals surface area contributed by atoms with Gasteiger partial charge in [0.05, 0.1) is 11.3 Å². The molecule has 0 unspecified atom stereocenters. The van der Waals surface area contributed by atoms with Crippen molar-refractivity contribution in [2.45, 2.75) is 18.7 Å². The first-order valence-electron chi connectivity index (χ1n) is 7.65. The number of aromatic amines is 1. The maximum atomic E-state index is 12.0. The minimum Gasteiger partial charge on any atom is -0.485 e. The van der Waals surface area contributed by atoms with Crippen molar-refractivity contribution < 1.29 is 9.53 Å². The van der Waals surface area contributed by atoms with Gasteiger partial charge in [-0.3, -0.25) is 9.89 Å². The number of ether oxygens (including phenoxy) is 1. The Labute approximate surface area is 158 Å². The topological polar surface area (TPSA) is 104 Å². The second-order valence-corrected chi connectivity index (χ2v) is 7.09. The first kappa shape index (κ1) is 18.0. The molecule has 132 valence electrons. The van der Waals surface area contributed by atoms with E-state index in [1.54, 1.807) is 11.4 Å². The minimum atomic E-state index is -0.212. The van der Waals surface area contributed by atoms with Gasteiger partial charge in [0.25, 0.3) is 0 Å². The molecule has 7 nitrogen and oxygen atoms in total. The van der Waals surface area contributed by atoms with Crippen LogP contribution in [0.2, 0.25) is 0 Å². The van der Waals surface area contributed by atoms with Crippen LogP contribution in [-0.4, -0.2) is 26.8 Å². The Morgan fingerprint density at radius 1 is 1.42 bits per heavy atom. The van der Waals surface area contributed by atoms with Crippen LogP contribution in [0.5, 0.6) is 5.75 Å². The molecule has 9 heteroatoms. The third-order valence-electron chi connectivity index (χ3n) is 3.34. The summed E-state index contributed by atoms with van der Waals surface area (Å²) in [7, 11) is 0. The Morgan fingerprint density at radius 2 is 2.27 bits per heavy atom. The number of nitriles is 1. The molecular weight excluding hydrogens is 370 g/mol. The number of H-pyrrole nitrogens is 1. The lowest BCUT2D eigenvalue weighted by Crippen LogP contribution is -2.13. The van der Waals surface area contributed by atoms with E-state index in [4.69, 9.17) is 10.00 Å². The van der Waals surface area contributed by atoms with Gasteiger partial charge in [-0.1, -0.05) is 30.0 Å². The Morgan fingerprint density at radius 3 is 3.08 bits per heavy atom. The zero-order valence-corrected chi connectivity index (χ0v) is 15.5. The van der Waals surface area contributed by atoms with Crippen LogP contribution in [0.1, 0.15) is 17.0 Å². The zero-order chi connectivity index (χ0) is 18.4. The van der Waals surface area contributed by atoms with Gasteiger partial charge < -0.3 is 10.1 Å². The van der Waals surface area contributed by atoms with Crippen molar-refractivity contribution in [1.29, 1.82) is 5.26 Å². The van der Waals surface area contributed by atoms with Crippen molar-refractivity contribution in [2.75, 3.05) is 11.1 Å². The summed E-state index contributed by atoms with van der Waals surface area (Å²) in [5.41, 5.74) is 1.51. The number of para-hydroxylation sites is 1. The summed E-state index contributed by atoms with van der Waals surface area (Å²) in [5, 5.41) is 21.3. The van der Waals surface area contributed by atoms with Crippen LogP contribution in [0.25, 0.3) is 0 Å². The van der Waals surface area contributed by atoms with Gasteiger partial charge in [-0.15, -0.1) is 16.4 Å². The van der Waals surface area contributed by atoms with Crippen LogP contribution in [0.3, 0.4) is 0 Å². The molecular formula is C17H15N5O2S2. The van der Waals surface area contributed by atoms with E-state index in [0.717, 1.165) is 11.3 Å². The number of aryl methyl sites for hydroxylation is 1. The third-order valence-corrected chi connectivity index (χ3v) is 5.02. The fourth-order valence-electron chi connectivity index (χ4n) is 2.06. The standard InChI is InChI=1S/C17H15N5O2S2/c1-11-4-2-3-5-13(11)24-9-14-19-17(22-21-14)26-10-15(23)20-16-12(8-18)6-7-25-16/h2-7H,9-10H2,1H3,(H,20,23)(H,19,21,22). The molecule has 0 aliphatic carbocycles.